The van der Waals surface area contributed by atoms with Crippen molar-refractivity contribution in [3.05, 3.63) is 0 Å². The summed E-state index contributed by atoms with van der Waals surface area (Å²) in [6, 6.07) is 0.150. The minimum atomic E-state index is -0.493. The van der Waals surface area contributed by atoms with E-state index in [-0.39, 0.29) is 11.9 Å². The minimum absolute atomic E-state index is 0.0828. The van der Waals surface area contributed by atoms with Crippen LogP contribution in [0.1, 0.15) is 39.0 Å². The van der Waals surface area contributed by atoms with Gasteiger partial charge in [-0.25, -0.2) is 0 Å². The highest BCUT2D eigenvalue weighted by atomic mass is 16.5. The highest BCUT2D eigenvalue weighted by Crippen LogP contribution is 2.25. The molecule has 2 aliphatic rings. The second kappa shape index (κ2) is 7.22. The van der Waals surface area contributed by atoms with Crippen molar-refractivity contribution in [3.8, 4) is 0 Å². The van der Waals surface area contributed by atoms with E-state index >= 15 is 0 Å². The number of aliphatic hydroxyl groups is 1. The van der Waals surface area contributed by atoms with Crippen molar-refractivity contribution in [1.29, 1.82) is 0 Å². The molecule has 0 radical (unpaired) electrons. The zero-order valence-electron chi connectivity index (χ0n) is 11.7. The molecule has 1 saturated heterocycles. The third-order valence-corrected chi connectivity index (χ3v) is 4.03. The number of nitrogens with one attached hydrogen (secondary N) is 2. The SMILES string of the molecule is CC1CCCC(OCC(O)CNC2CNC(=O)C2)C1. The minimum Gasteiger partial charge on any atom is -0.389 e. The van der Waals surface area contributed by atoms with Crippen LogP contribution in [0.4, 0.5) is 0 Å². The summed E-state index contributed by atoms with van der Waals surface area (Å²) >= 11 is 0. The summed E-state index contributed by atoms with van der Waals surface area (Å²) in [6.45, 7) is 3.80. The molecular formula is C14H26N2O3. The van der Waals surface area contributed by atoms with Gasteiger partial charge in [-0.15, -0.1) is 0 Å². The van der Waals surface area contributed by atoms with Crippen molar-refractivity contribution in [2.75, 3.05) is 19.7 Å². The molecule has 0 spiro atoms. The van der Waals surface area contributed by atoms with Crippen LogP contribution in [-0.4, -0.2) is 49.0 Å². The number of hydrogen-bond acceptors (Lipinski definition) is 4. The summed E-state index contributed by atoms with van der Waals surface area (Å²) in [5.74, 6) is 0.823. The van der Waals surface area contributed by atoms with Crippen LogP contribution in [0.15, 0.2) is 0 Å². The molecule has 2 rings (SSSR count). The van der Waals surface area contributed by atoms with Gasteiger partial charge in [-0.3, -0.25) is 4.79 Å². The fraction of sp³-hybridized carbons (Fsp3) is 0.929. The van der Waals surface area contributed by atoms with Crippen LogP contribution >= 0.6 is 0 Å². The Bertz CT molecular complexity index is 298. The highest BCUT2D eigenvalue weighted by molar-refractivity contribution is 5.78. The maximum absolute atomic E-state index is 11.0. The monoisotopic (exact) mass is 270 g/mol. The molecule has 1 amide bonds. The lowest BCUT2D eigenvalue weighted by atomic mass is 9.89. The van der Waals surface area contributed by atoms with Gasteiger partial charge in [0.1, 0.15) is 0 Å². The van der Waals surface area contributed by atoms with Gasteiger partial charge in [0.15, 0.2) is 0 Å². The first-order valence-electron chi connectivity index (χ1n) is 7.43. The standard InChI is InChI=1S/C14H26N2O3/c1-10-3-2-4-13(5-10)19-9-12(17)8-15-11-6-14(18)16-7-11/h10-13,15,17H,2-9H2,1H3,(H,16,18). The van der Waals surface area contributed by atoms with Crippen LogP contribution in [0, 0.1) is 5.92 Å². The van der Waals surface area contributed by atoms with E-state index in [1.807, 2.05) is 0 Å². The molecule has 110 valence electrons. The average molecular weight is 270 g/mol. The van der Waals surface area contributed by atoms with Gasteiger partial charge < -0.3 is 20.5 Å². The Kier molecular flexibility index (Phi) is 5.60. The van der Waals surface area contributed by atoms with Crippen molar-refractivity contribution < 1.29 is 14.6 Å². The maximum Gasteiger partial charge on any atom is 0.221 e. The molecule has 4 unspecified atom stereocenters. The molecule has 5 nitrogen and oxygen atoms in total. The third-order valence-electron chi connectivity index (χ3n) is 4.03. The van der Waals surface area contributed by atoms with Crippen LogP contribution in [-0.2, 0) is 9.53 Å². The van der Waals surface area contributed by atoms with E-state index in [1.54, 1.807) is 0 Å². The van der Waals surface area contributed by atoms with E-state index in [2.05, 4.69) is 17.6 Å². The number of amides is 1. The van der Waals surface area contributed by atoms with Gasteiger partial charge >= 0.3 is 0 Å². The Morgan fingerprint density at radius 2 is 2.37 bits per heavy atom. The van der Waals surface area contributed by atoms with Crippen LogP contribution in [0.5, 0.6) is 0 Å². The van der Waals surface area contributed by atoms with Crippen molar-refractivity contribution >= 4 is 5.91 Å². The molecule has 0 aromatic rings. The van der Waals surface area contributed by atoms with E-state index in [9.17, 15) is 9.90 Å². The lowest BCUT2D eigenvalue weighted by Gasteiger charge is -2.27. The molecule has 1 aliphatic carbocycles. The fourth-order valence-electron chi connectivity index (χ4n) is 2.89. The normalized spacial score (nSPS) is 33.2. The van der Waals surface area contributed by atoms with E-state index in [0.29, 0.717) is 32.2 Å². The first-order chi connectivity index (χ1) is 9.13. The Morgan fingerprint density at radius 3 is 3.05 bits per heavy atom. The van der Waals surface area contributed by atoms with E-state index in [0.717, 1.165) is 18.8 Å². The zero-order valence-corrected chi connectivity index (χ0v) is 11.7. The average Bonchev–Trinajstić information content (AvgIpc) is 2.80. The second-order valence-electron chi connectivity index (χ2n) is 5.99. The Labute approximate surface area is 115 Å². The Morgan fingerprint density at radius 1 is 1.53 bits per heavy atom. The largest absolute Gasteiger partial charge is 0.389 e. The molecule has 2 fully saturated rings. The van der Waals surface area contributed by atoms with Gasteiger partial charge in [0, 0.05) is 25.6 Å². The third kappa shape index (κ3) is 5.09. The Balaban J connectivity index is 1.56. The quantitative estimate of drug-likeness (QED) is 0.654. The zero-order chi connectivity index (χ0) is 13.7. The van der Waals surface area contributed by atoms with Crippen LogP contribution < -0.4 is 10.6 Å². The van der Waals surface area contributed by atoms with Gasteiger partial charge in [0.05, 0.1) is 18.8 Å². The Hall–Kier alpha value is -0.650. The fourth-order valence-corrected chi connectivity index (χ4v) is 2.89. The van der Waals surface area contributed by atoms with E-state index < -0.39 is 6.10 Å². The maximum atomic E-state index is 11.0. The molecule has 1 heterocycles. The summed E-state index contributed by atoms with van der Waals surface area (Å²) in [5, 5.41) is 15.8. The van der Waals surface area contributed by atoms with Crippen molar-refractivity contribution in [1.82, 2.24) is 10.6 Å². The first kappa shape index (κ1) is 14.8. The predicted molar refractivity (Wildman–Crippen MR) is 72.8 cm³/mol. The molecule has 0 bridgehead atoms. The van der Waals surface area contributed by atoms with Crippen LogP contribution in [0.2, 0.25) is 0 Å². The highest BCUT2D eigenvalue weighted by Gasteiger charge is 2.23. The van der Waals surface area contributed by atoms with Gasteiger partial charge in [-0.2, -0.15) is 0 Å². The van der Waals surface area contributed by atoms with Gasteiger partial charge in [-0.05, 0) is 18.8 Å². The number of carbonyl (C=O) groups excluding carboxylic acids is 1. The molecule has 19 heavy (non-hydrogen) atoms. The summed E-state index contributed by atoms with van der Waals surface area (Å²) in [6.07, 6.45) is 5.09. The summed E-state index contributed by atoms with van der Waals surface area (Å²) in [5.41, 5.74) is 0. The topological polar surface area (TPSA) is 70.6 Å². The second-order valence-corrected chi connectivity index (χ2v) is 5.99. The number of rotatable bonds is 6. The van der Waals surface area contributed by atoms with Crippen molar-refractivity contribution in [2.45, 2.75) is 57.3 Å². The molecule has 1 aliphatic heterocycles. The van der Waals surface area contributed by atoms with Crippen LogP contribution in [0.3, 0.4) is 0 Å². The lowest BCUT2D eigenvalue weighted by molar-refractivity contribution is -0.119. The molecule has 0 aromatic carbocycles. The number of carbonyl (C=O) groups is 1. The molecule has 4 atom stereocenters. The number of aliphatic hydroxyl groups excluding tert-OH is 1. The predicted octanol–water partition coefficient (Wildman–Crippen LogP) is 0.421. The molecule has 5 heteroatoms. The van der Waals surface area contributed by atoms with Gasteiger partial charge in [0.2, 0.25) is 5.91 Å². The van der Waals surface area contributed by atoms with Gasteiger partial charge in [0.25, 0.3) is 0 Å². The summed E-state index contributed by atoms with van der Waals surface area (Å²) in [7, 11) is 0. The summed E-state index contributed by atoms with van der Waals surface area (Å²) in [4.78, 5) is 11.0. The molecule has 0 aromatic heterocycles. The number of ether oxygens (including phenoxy) is 1. The number of hydrogen-bond donors (Lipinski definition) is 3. The first-order valence-corrected chi connectivity index (χ1v) is 7.43. The molecule has 3 N–H and O–H groups in total. The van der Waals surface area contributed by atoms with Gasteiger partial charge in [-0.1, -0.05) is 19.8 Å². The smallest absolute Gasteiger partial charge is 0.221 e. The van der Waals surface area contributed by atoms with Crippen LogP contribution in [0.25, 0.3) is 0 Å². The summed E-state index contributed by atoms with van der Waals surface area (Å²) < 4.78 is 5.78. The van der Waals surface area contributed by atoms with Crippen molar-refractivity contribution in [3.63, 3.8) is 0 Å². The van der Waals surface area contributed by atoms with E-state index in [1.165, 1.54) is 12.8 Å². The van der Waals surface area contributed by atoms with E-state index in [4.69, 9.17) is 4.74 Å². The molecular weight excluding hydrogens is 244 g/mol. The molecule has 1 saturated carbocycles. The van der Waals surface area contributed by atoms with Crippen molar-refractivity contribution in [2.24, 2.45) is 5.92 Å². The lowest BCUT2D eigenvalue weighted by Crippen LogP contribution is -2.39.